The number of amides is 1. The Balaban J connectivity index is 1.48. The van der Waals surface area contributed by atoms with Crippen LogP contribution in [-0.4, -0.2) is 54.3 Å². The molecule has 1 aliphatic carbocycles. The minimum atomic E-state index is -3.65. The van der Waals surface area contributed by atoms with E-state index in [2.05, 4.69) is 0 Å². The van der Waals surface area contributed by atoms with Crippen molar-refractivity contribution in [3.05, 3.63) is 27.9 Å². The molecule has 0 unspecified atom stereocenters. The van der Waals surface area contributed by atoms with Gasteiger partial charge in [0.05, 0.1) is 15.1 Å². The van der Waals surface area contributed by atoms with Gasteiger partial charge in [-0.3, -0.25) is 14.2 Å². The van der Waals surface area contributed by atoms with Gasteiger partial charge in [-0.15, -0.1) is 0 Å². The van der Waals surface area contributed by atoms with E-state index in [-0.39, 0.29) is 21.6 Å². The number of thiazole rings is 1. The van der Waals surface area contributed by atoms with E-state index in [0.717, 1.165) is 42.5 Å². The zero-order valence-corrected chi connectivity index (χ0v) is 18.3. The number of aromatic nitrogens is 1. The highest BCUT2D eigenvalue weighted by Crippen LogP contribution is 2.27. The summed E-state index contributed by atoms with van der Waals surface area (Å²) in [7, 11) is -3.65. The number of hydrogen-bond acceptors (Lipinski definition) is 5. The van der Waals surface area contributed by atoms with E-state index in [1.165, 1.54) is 10.7 Å². The van der Waals surface area contributed by atoms with E-state index < -0.39 is 10.0 Å². The molecule has 4 rings (SSSR count). The topological polar surface area (TPSA) is 79.7 Å². The van der Waals surface area contributed by atoms with Crippen LogP contribution in [0.2, 0.25) is 0 Å². The van der Waals surface area contributed by atoms with Gasteiger partial charge in [0.2, 0.25) is 15.9 Å². The zero-order chi connectivity index (χ0) is 20.6. The summed E-state index contributed by atoms with van der Waals surface area (Å²) < 4.78 is 30.0. The Hall–Kier alpha value is -1.71. The second-order valence-corrected chi connectivity index (χ2v) is 10.7. The number of fused-ring (bicyclic) bond motifs is 1. The molecule has 1 saturated heterocycles. The lowest BCUT2D eigenvalue weighted by Crippen LogP contribution is -2.52. The maximum absolute atomic E-state index is 13.1. The molecule has 1 amide bonds. The first-order valence-corrected chi connectivity index (χ1v) is 12.6. The van der Waals surface area contributed by atoms with Crippen molar-refractivity contribution in [2.24, 2.45) is 5.92 Å². The summed E-state index contributed by atoms with van der Waals surface area (Å²) in [6, 6.07) is 4.89. The Morgan fingerprint density at radius 1 is 1.10 bits per heavy atom. The summed E-state index contributed by atoms with van der Waals surface area (Å²) in [5.74, 6) is 0.300. The summed E-state index contributed by atoms with van der Waals surface area (Å²) in [5, 5.41) is 0. The summed E-state index contributed by atoms with van der Waals surface area (Å²) in [4.78, 5) is 26.7. The third-order valence-corrected chi connectivity index (χ3v) is 8.93. The fraction of sp³-hybridized carbons (Fsp3) is 0.600. The molecule has 1 saturated carbocycles. The number of carbonyl (C=O) groups excluding carboxylic acids is 1. The van der Waals surface area contributed by atoms with Crippen molar-refractivity contribution >= 4 is 37.5 Å². The minimum Gasteiger partial charge on any atom is -0.340 e. The first kappa shape index (κ1) is 20.6. The summed E-state index contributed by atoms with van der Waals surface area (Å²) in [5.41, 5.74) is 0.768. The molecule has 2 fully saturated rings. The van der Waals surface area contributed by atoms with Crippen molar-refractivity contribution in [2.75, 3.05) is 26.2 Å². The molecule has 1 aromatic carbocycles. The van der Waals surface area contributed by atoms with Crippen LogP contribution in [0.3, 0.4) is 0 Å². The number of nitrogens with zero attached hydrogens (tertiary/aromatic N) is 3. The van der Waals surface area contributed by atoms with Crippen LogP contribution in [0.5, 0.6) is 0 Å². The van der Waals surface area contributed by atoms with Crippen molar-refractivity contribution in [1.82, 2.24) is 13.8 Å². The first-order chi connectivity index (χ1) is 13.9. The molecule has 0 radical (unpaired) electrons. The quantitative estimate of drug-likeness (QED) is 0.736. The van der Waals surface area contributed by atoms with Gasteiger partial charge in [-0.2, -0.15) is 4.31 Å². The first-order valence-electron chi connectivity index (χ1n) is 10.3. The highest BCUT2D eigenvalue weighted by Gasteiger charge is 2.33. The van der Waals surface area contributed by atoms with Gasteiger partial charge in [0, 0.05) is 38.6 Å². The van der Waals surface area contributed by atoms with Crippen LogP contribution in [0.25, 0.3) is 10.2 Å². The lowest BCUT2D eigenvalue weighted by atomic mass is 9.88. The maximum Gasteiger partial charge on any atom is 0.308 e. The van der Waals surface area contributed by atoms with Crippen molar-refractivity contribution < 1.29 is 13.2 Å². The van der Waals surface area contributed by atoms with Gasteiger partial charge >= 0.3 is 4.87 Å². The van der Waals surface area contributed by atoms with Crippen molar-refractivity contribution in [1.29, 1.82) is 0 Å². The normalized spacial score (nSPS) is 19.7. The molecular weight excluding hydrogens is 410 g/mol. The number of aryl methyl sites for hydroxylation is 1. The van der Waals surface area contributed by atoms with Gasteiger partial charge in [-0.25, -0.2) is 8.42 Å². The predicted molar refractivity (Wildman–Crippen MR) is 114 cm³/mol. The second-order valence-electron chi connectivity index (χ2n) is 7.81. The zero-order valence-electron chi connectivity index (χ0n) is 16.7. The van der Waals surface area contributed by atoms with Gasteiger partial charge < -0.3 is 4.90 Å². The average molecular weight is 438 g/mol. The molecular formula is C20H27N3O4S2. The molecule has 1 aromatic heterocycles. The van der Waals surface area contributed by atoms with Crippen LogP contribution in [-0.2, 0) is 21.4 Å². The Morgan fingerprint density at radius 3 is 2.45 bits per heavy atom. The van der Waals surface area contributed by atoms with E-state index in [1.54, 1.807) is 22.8 Å². The Bertz CT molecular complexity index is 1060. The van der Waals surface area contributed by atoms with Gasteiger partial charge in [-0.1, -0.05) is 30.6 Å². The molecule has 29 heavy (non-hydrogen) atoms. The number of hydrogen-bond donors (Lipinski definition) is 0. The van der Waals surface area contributed by atoms with E-state index in [0.29, 0.717) is 37.4 Å². The summed E-state index contributed by atoms with van der Waals surface area (Å²) in [6.07, 6.45) is 5.34. The van der Waals surface area contributed by atoms with E-state index in [9.17, 15) is 18.0 Å². The lowest BCUT2D eigenvalue weighted by molar-refractivity contribution is -0.137. The maximum atomic E-state index is 13.1. The van der Waals surface area contributed by atoms with E-state index in [1.807, 2.05) is 11.8 Å². The highest BCUT2D eigenvalue weighted by molar-refractivity contribution is 7.89. The molecule has 1 aliphatic heterocycles. The van der Waals surface area contributed by atoms with Crippen molar-refractivity contribution in [3.8, 4) is 0 Å². The fourth-order valence-corrected chi connectivity index (χ4v) is 6.93. The molecule has 0 atom stereocenters. The number of carbonyl (C=O) groups is 1. The smallest absolute Gasteiger partial charge is 0.308 e. The van der Waals surface area contributed by atoms with Crippen LogP contribution >= 0.6 is 11.3 Å². The average Bonchev–Trinajstić information content (AvgIpc) is 3.08. The predicted octanol–water partition coefficient (Wildman–Crippen LogP) is 2.50. The van der Waals surface area contributed by atoms with Crippen molar-refractivity contribution in [2.45, 2.75) is 50.5 Å². The number of piperazine rings is 1. The van der Waals surface area contributed by atoms with Crippen LogP contribution in [0.15, 0.2) is 27.9 Å². The molecule has 2 aromatic rings. The Kier molecular flexibility index (Phi) is 5.81. The Labute approximate surface area is 175 Å². The third kappa shape index (κ3) is 3.87. The number of benzene rings is 1. The lowest BCUT2D eigenvalue weighted by Gasteiger charge is -2.36. The third-order valence-electron chi connectivity index (χ3n) is 6.10. The summed E-state index contributed by atoms with van der Waals surface area (Å²) >= 11 is 1.07. The molecule has 0 bridgehead atoms. The monoisotopic (exact) mass is 437 g/mol. The van der Waals surface area contributed by atoms with Crippen LogP contribution in [0, 0.1) is 5.92 Å². The minimum absolute atomic E-state index is 0.0770. The van der Waals surface area contributed by atoms with Crippen molar-refractivity contribution in [3.63, 3.8) is 0 Å². The van der Waals surface area contributed by atoms with Gasteiger partial charge in [0.25, 0.3) is 0 Å². The standard InChI is InChI=1S/C20H27N3O4S2/c1-2-23-17-9-8-16(14-18(17)28-20(23)25)29(26,27)22-12-10-21(11-13-22)19(24)15-6-4-3-5-7-15/h8-9,14-15H,2-7,10-13H2,1H3. The molecule has 9 heteroatoms. The highest BCUT2D eigenvalue weighted by atomic mass is 32.2. The van der Waals surface area contributed by atoms with E-state index in [4.69, 9.17) is 0 Å². The molecule has 2 heterocycles. The largest absolute Gasteiger partial charge is 0.340 e. The molecule has 0 spiro atoms. The molecule has 158 valence electrons. The van der Waals surface area contributed by atoms with Crippen LogP contribution in [0.4, 0.5) is 0 Å². The second kappa shape index (κ2) is 8.20. The molecule has 2 aliphatic rings. The Morgan fingerprint density at radius 2 is 1.79 bits per heavy atom. The van der Waals surface area contributed by atoms with Gasteiger partial charge in [-0.05, 0) is 38.0 Å². The number of rotatable bonds is 4. The number of sulfonamides is 1. The summed E-state index contributed by atoms with van der Waals surface area (Å²) in [6.45, 7) is 3.96. The molecule has 0 N–H and O–H groups in total. The molecule has 7 nitrogen and oxygen atoms in total. The van der Waals surface area contributed by atoms with E-state index >= 15 is 0 Å². The van der Waals surface area contributed by atoms with Gasteiger partial charge in [0.1, 0.15) is 0 Å². The van der Waals surface area contributed by atoms with Crippen LogP contribution in [0.1, 0.15) is 39.0 Å². The fourth-order valence-electron chi connectivity index (χ4n) is 4.41. The van der Waals surface area contributed by atoms with Gasteiger partial charge in [0.15, 0.2) is 0 Å². The van der Waals surface area contributed by atoms with Crippen LogP contribution < -0.4 is 4.87 Å². The SMILES string of the molecule is CCn1c(=O)sc2cc(S(=O)(=O)N3CCN(C(=O)C4CCCCC4)CC3)ccc21.